The van der Waals surface area contributed by atoms with Crippen LogP contribution < -0.4 is 0 Å². The highest BCUT2D eigenvalue weighted by Crippen LogP contribution is 2.36. The van der Waals surface area contributed by atoms with Crippen LogP contribution in [0.5, 0.6) is 0 Å². The molecule has 12 heteroatoms. The summed E-state index contributed by atoms with van der Waals surface area (Å²) in [6, 6.07) is 32.3. The Bertz CT molecular complexity index is 2230. The summed E-state index contributed by atoms with van der Waals surface area (Å²) < 4.78 is 29.5. The first-order valence-corrected chi connectivity index (χ1v) is 31.8. The topological polar surface area (TPSA) is 99.1 Å². The number of unbranched alkanes of at least 4 members (excludes halogenated alkanes) is 1. The van der Waals surface area contributed by atoms with Crippen molar-refractivity contribution in [2.75, 3.05) is 91.7 Å². The average Bonchev–Trinajstić information content (AvgIpc) is 3.51. The van der Waals surface area contributed by atoms with E-state index in [-0.39, 0.29) is 30.0 Å². The Hall–Kier alpha value is -3.66. The molecule has 4 unspecified atom stereocenters. The third-order valence-corrected chi connectivity index (χ3v) is 19.2. The molecule has 432 valence electrons. The third kappa shape index (κ3) is 18.9. The number of nitrogens with zero attached hydrogens (tertiary/aromatic N) is 7. The number of aromatic nitrogens is 2. The van der Waals surface area contributed by atoms with Gasteiger partial charge in [0.2, 0.25) is 0 Å². The Morgan fingerprint density at radius 2 is 0.962 bits per heavy atom. The van der Waals surface area contributed by atoms with E-state index in [4.69, 9.17) is 18.9 Å². The number of ether oxygens (including phenoxy) is 4. The molecule has 7 heterocycles. The normalized spacial score (nSPS) is 22.9. The van der Waals surface area contributed by atoms with Gasteiger partial charge in [-0.25, -0.2) is 0 Å². The predicted octanol–water partition coefficient (Wildman–Crippen LogP) is 10.9. The number of hydrogen-bond acceptors (Lipinski definition) is 12. The van der Waals surface area contributed by atoms with Crippen LogP contribution in [0.25, 0.3) is 0 Å². The fraction of sp³-hybridized carbons (Fsp3) is 0.672. The fourth-order valence-corrected chi connectivity index (χ4v) is 14.0. The van der Waals surface area contributed by atoms with Crippen molar-refractivity contribution in [3.8, 4) is 0 Å². The van der Waals surface area contributed by atoms with Gasteiger partial charge in [-0.3, -0.25) is 19.8 Å². The van der Waals surface area contributed by atoms with Crippen LogP contribution in [0.1, 0.15) is 132 Å². The summed E-state index contributed by atoms with van der Waals surface area (Å²) >= 11 is 0. The molecule has 6 fully saturated rings. The largest absolute Gasteiger partial charge is 0.368 e. The van der Waals surface area contributed by atoms with Crippen LogP contribution in [0.3, 0.4) is 0 Å². The minimum Gasteiger partial charge on any atom is -0.368 e. The van der Waals surface area contributed by atoms with Crippen molar-refractivity contribution in [1.82, 2.24) is 34.5 Å². The van der Waals surface area contributed by atoms with Crippen LogP contribution in [0.4, 0.5) is 0 Å². The van der Waals surface area contributed by atoms with Gasteiger partial charge in [-0.1, -0.05) is 86.0 Å². The molecular weight excluding hydrogens is 983 g/mol. The van der Waals surface area contributed by atoms with Crippen LogP contribution in [-0.2, 0) is 44.9 Å². The smallest absolute Gasteiger partial charge is 0.166 e. The maximum absolute atomic E-state index is 12.3. The van der Waals surface area contributed by atoms with E-state index in [9.17, 15) is 5.11 Å². The van der Waals surface area contributed by atoms with E-state index in [1.165, 1.54) is 68.2 Å². The summed E-state index contributed by atoms with van der Waals surface area (Å²) in [5.41, 5.74) is 5.26. The molecule has 10 rings (SSSR count). The maximum Gasteiger partial charge on any atom is 0.166 e. The van der Waals surface area contributed by atoms with Crippen LogP contribution >= 0.6 is 0 Å². The molecule has 5 saturated heterocycles. The van der Waals surface area contributed by atoms with Gasteiger partial charge in [0.1, 0.15) is 0 Å². The summed E-state index contributed by atoms with van der Waals surface area (Å²) in [4.78, 5) is 22.0. The van der Waals surface area contributed by atoms with Gasteiger partial charge in [-0.2, -0.15) is 0 Å². The van der Waals surface area contributed by atoms with Gasteiger partial charge >= 0.3 is 0 Å². The standard InChI is InChI=1S/C67H99N7O5/c75-64(59-27-42-71(43-28-59)39-24-55-16-6-2-7-17-55)77-66(61-29-44-70(45-30-61)38-13-11-18-54-14-4-1-5-15-54)79-67(62-33-46-73(47-34-62)50-56-19-8-3-9-20-56)78-65(60-31-48-74(49-32-60)52-63-21-10-12-35-69-63)76-53-58-25-40-72(41-26-58)51-57-22-36-68-37-23-57/h1-2,4-7,10,12,14-17,21-23,35-37,56,58-62,64-67,75H,3,8-9,11,13,18-20,24-34,38-53H2. The predicted molar refractivity (Wildman–Crippen MR) is 315 cm³/mol. The molecule has 0 spiro atoms. The van der Waals surface area contributed by atoms with Gasteiger partial charge in [-0.15, -0.1) is 0 Å². The molecule has 0 bridgehead atoms. The number of rotatable bonds is 27. The summed E-state index contributed by atoms with van der Waals surface area (Å²) in [5, 5.41) is 12.3. The molecule has 12 nitrogen and oxygen atoms in total. The molecule has 5 aliphatic heterocycles. The van der Waals surface area contributed by atoms with Crippen LogP contribution in [-0.4, -0.2) is 156 Å². The second-order valence-corrected chi connectivity index (χ2v) is 24.9. The zero-order chi connectivity index (χ0) is 53.7. The molecular formula is C67H99N7O5. The van der Waals surface area contributed by atoms with Crippen molar-refractivity contribution < 1.29 is 24.1 Å². The summed E-state index contributed by atoms with van der Waals surface area (Å²) in [6.45, 7) is 16.1. The highest BCUT2D eigenvalue weighted by Gasteiger charge is 2.41. The minimum absolute atomic E-state index is 0.0645. The Morgan fingerprint density at radius 3 is 1.61 bits per heavy atom. The number of aryl methyl sites for hydroxylation is 1. The van der Waals surface area contributed by atoms with Crippen molar-refractivity contribution in [2.24, 2.45) is 35.5 Å². The average molecular weight is 1080 g/mol. The summed E-state index contributed by atoms with van der Waals surface area (Å²) in [6.07, 6.45) is 25.0. The number of piperidine rings is 5. The molecule has 1 aliphatic carbocycles. The van der Waals surface area contributed by atoms with E-state index < -0.39 is 18.9 Å². The molecule has 1 saturated carbocycles. The van der Waals surface area contributed by atoms with Crippen molar-refractivity contribution in [1.29, 1.82) is 0 Å². The van der Waals surface area contributed by atoms with Crippen molar-refractivity contribution in [3.05, 3.63) is 132 Å². The van der Waals surface area contributed by atoms with Gasteiger partial charge in [0, 0.05) is 68.4 Å². The summed E-state index contributed by atoms with van der Waals surface area (Å²) in [7, 11) is 0. The third-order valence-electron chi connectivity index (χ3n) is 19.2. The second-order valence-electron chi connectivity index (χ2n) is 24.9. The van der Waals surface area contributed by atoms with Gasteiger partial charge in [-0.05, 0) is 228 Å². The molecule has 1 N–H and O–H groups in total. The summed E-state index contributed by atoms with van der Waals surface area (Å²) in [5.74, 6) is 1.97. The van der Waals surface area contributed by atoms with E-state index in [2.05, 4.69) is 119 Å². The van der Waals surface area contributed by atoms with Crippen molar-refractivity contribution >= 4 is 0 Å². The number of aliphatic hydroxyl groups is 1. The number of pyridine rings is 2. The lowest BCUT2D eigenvalue weighted by Gasteiger charge is -2.44. The van der Waals surface area contributed by atoms with Gasteiger partial charge < -0.3 is 38.8 Å². The zero-order valence-electron chi connectivity index (χ0n) is 48.1. The zero-order valence-corrected chi connectivity index (χ0v) is 48.1. The van der Waals surface area contributed by atoms with Gasteiger partial charge in [0.25, 0.3) is 0 Å². The number of likely N-dealkylation sites (tertiary alicyclic amines) is 5. The SMILES string of the molecule is OC(OC(OC(OC(OCC1CCN(Cc2ccncc2)CC1)C1CCN(Cc2ccccn2)CC1)C1CCN(CC2CCCCC2)CC1)C1CCN(CCCCc2ccccc2)CC1)C1CCN(CCc2ccccc2)CC1. The molecule has 79 heavy (non-hydrogen) atoms. The maximum atomic E-state index is 12.3. The Balaban J connectivity index is 0.842. The molecule has 0 radical (unpaired) electrons. The molecule has 6 aliphatic rings. The first kappa shape index (κ1) is 58.5. The minimum atomic E-state index is -0.893. The van der Waals surface area contributed by atoms with E-state index >= 15 is 0 Å². The molecule has 4 atom stereocenters. The first-order valence-electron chi connectivity index (χ1n) is 31.8. The van der Waals surface area contributed by atoms with Crippen LogP contribution in [0.15, 0.2) is 110 Å². The lowest BCUT2D eigenvalue weighted by molar-refractivity contribution is -0.355. The lowest BCUT2D eigenvalue weighted by atomic mass is 9.87. The quantitative estimate of drug-likeness (QED) is 0.0455. The fourth-order valence-electron chi connectivity index (χ4n) is 14.0. The van der Waals surface area contributed by atoms with E-state index in [0.717, 1.165) is 180 Å². The van der Waals surface area contributed by atoms with E-state index in [0.29, 0.717) is 12.5 Å². The Labute approximate surface area is 475 Å². The molecule has 4 aromatic rings. The number of hydrogen-bond donors (Lipinski definition) is 1. The lowest BCUT2D eigenvalue weighted by Crippen LogP contribution is -2.49. The molecule has 2 aromatic heterocycles. The van der Waals surface area contributed by atoms with Gasteiger partial charge in [0.05, 0.1) is 12.3 Å². The van der Waals surface area contributed by atoms with Crippen LogP contribution in [0, 0.1) is 35.5 Å². The van der Waals surface area contributed by atoms with Crippen molar-refractivity contribution in [3.63, 3.8) is 0 Å². The number of benzene rings is 2. The van der Waals surface area contributed by atoms with Crippen molar-refractivity contribution in [2.45, 2.75) is 160 Å². The monoisotopic (exact) mass is 1080 g/mol. The highest BCUT2D eigenvalue weighted by atomic mass is 16.8. The molecule has 2 aromatic carbocycles. The Kier molecular flexibility index (Phi) is 23.5. The number of aliphatic hydroxyl groups excluding tert-OH is 1. The Morgan fingerprint density at radius 1 is 0.430 bits per heavy atom. The van der Waals surface area contributed by atoms with Gasteiger partial charge in [0.15, 0.2) is 25.2 Å². The van der Waals surface area contributed by atoms with E-state index in [1.54, 1.807) is 0 Å². The van der Waals surface area contributed by atoms with Crippen LogP contribution in [0.2, 0.25) is 0 Å². The highest BCUT2D eigenvalue weighted by molar-refractivity contribution is 5.16. The first-order chi connectivity index (χ1) is 39.0. The van der Waals surface area contributed by atoms with E-state index in [1.807, 2.05) is 24.7 Å². The molecule has 0 amide bonds. The second kappa shape index (κ2) is 31.7.